The van der Waals surface area contributed by atoms with Crippen molar-refractivity contribution in [2.24, 2.45) is 5.73 Å². The van der Waals surface area contributed by atoms with E-state index >= 15 is 0 Å². The van der Waals surface area contributed by atoms with Crippen LogP contribution in [0.3, 0.4) is 0 Å². The highest BCUT2D eigenvalue weighted by atomic mass is 16.6. The average Bonchev–Trinajstić information content (AvgIpc) is 2.98. The number of benzene rings is 1. The molecule has 7 heteroatoms. The first-order valence-electron chi connectivity index (χ1n) is 6.96. The maximum Gasteiger partial charge on any atom is 0.292 e. The Kier molecular flexibility index (Phi) is 4.74. The first kappa shape index (κ1) is 15.2. The van der Waals surface area contributed by atoms with Crippen molar-refractivity contribution in [1.82, 2.24) is 0 Å². The van der Waals surface area contributed by atoms with Crippen LogP contribution in [-0.4, -0.2) is 28.5 Å². The fourth-order valence-electron chi connectivity index (χ4n) is 2.85. The number of nitrogens with zero attached hydrogens (tertiary/aromatic N) is 2. The number of amides is 1. The van der Waals surface area contributed by atoms with Crippen molar-refractivity contribution >= 4 is 17.3 Å². The Hall–Kier alpha value is -2.15. The molecule has 0 unspecified atom stereocenters. The number of aliphatic hydroxyl groups is 1. The third-order valence-electron chi connectivity index (χ3n) is 3.82. The monoisotopic (exact) mass is 293 g/mol. The van der Waals surface area contributed by atoms with Crippen molar-refractivity contribution in [3.8, 4) is 0 Å². The van der Waals surface area contributed by atoms with Gasteiger partial charge in [-0.3, -0.25) is 14.9 Å². The van der Waals surface area contributed by atoms with Crippen LogP contribution in [0.4, 0.5) is 11.4 Å². The van der Waals surface area contributed by atoms with Crippen molar-refractivity contribution < 1.29 is 14.8 Å². The summed E-state index contributed by atoms with van der Waals surface area (Å²) in [5, 5.41) is 20.4. The summed E-state index contributed by atoms with van der Waals surface area (Å²) in [5.74, 6) is -0.512. The number of nitro benzene ring substituents is 1. The lowest BCUT2D eigenvalue weighted by molar-refractivity contribution is -0.384. The predicted octanol–water partition coefficient (Wildman–Crippen LogP) is 1.32. The van der Waals surface area contributed by atoms with Crippen LogP contribution >= 0.6 is 0 Å². The summed E-state index contributed by atoms with van der Waals surface area (Å²) in [6.45, 7) is -0.301. The molecule has 0 radical (unpaired) electrons. The Morgan fingerprint density at radius 1 is 1.43 bits per heavy atom. The van der Waals surface area contributed by atoms with E-state index in [2.05, 4.69) is 0 Å². The Bertz CT molecular complexity index is 541. The van der Waals surface area contributed by atoms with E-state index < -0.39 is 10.8 Å². The Balaban J connectivity index is 2.42. The number of hydrogen-bond acceptors (Lipinski definition) is 5. The highest BCUT2D eigenvalue weighted by Crippen LogP contribution is 2.34. The van der Waals surface area contributed by atoms with Gasteiger partial charge in [-0.2, -0.15) is 0 Å². The molecule has 1 fully saturated rings. The maximum atomic E-state index is 11.3. The van der Waals surface area contributed by atoms with Gasteiger partial charge in [-0.05, 0) is 24.5 Å². The molecule has 21 heavy (non-hydrogen) atoms. The summed E-state index contributed by atoms with van der Waals surface area (Å²) in [6.07, 6.45) is 3.88. The lowest BCUT2D eigenvalue weighted by Crippen LogP contribution is -2.40. The predicted molar refractivity (Wildman–Crippen MR) is 77.8 cm³/mol. The van der Waals surface area contributed by atoms with Gasteiger partial charge in [-0.15, -0.1) is 0 Å². The second kappa shape index (κ2) is 6.53. The molecule has 1 aromatic rings. The number of nitrogens with two attached hydrogens (primary N) is 1. The molecule has 1 aliphatic rings. The molecule has 0 atom stereocenters. The molecule has 0 aliphatic heterocycles. The summed E-state index contributed by atoms with van der Waals surface area (Å²) in [7, 11) is 0. The fraction of sp³-hybridized carbons (Fsp3) is 0.500. The maximum absolute atomic E-state index is 11.3. The van der Waals surface area contributed by atoms with E-state index in [0.29, 0.717) is 11.3 Å². The minimum Gasteiger partial charge on any atom is -0.392 e. The minimum atomic E-state index is -0.512. The van der Waals surface area contributed by atoms with E-state index in [1.807, 2.05) is 0 Å². The summed E-state index contributed by atoms with van der Waals surface area (Å²) in [4.78, 5) is 23.8. The molecule has 0 spiro atoms. The molecule has 0 aromatic heterocycles. The van der Waals surface area contributed by atoms with Gasteiger partial charge in [0.25, 0.3) is 5.69 Å². The summed E-state index contributed by atoms with van der Waals surface area (Å²) in [5.41, 5.74) is 6.05. The molecule has 3 N–H and O–H groups in total. The van der Waals surface area contributed by atoms with Crippen LogP contribution < -0.4 is 10.6 Å². The van der Waals surface area contributed by atoms with Gasteiger partial charge in [0.1, 0.15) is 5.69 Å². The van der Waals surface area contributed by atoms with Gasteiger partial charge in [-0.25, -0.2) is 0 Å². The van der Waals surface area contributed by atoms with Crippen LogP contribution in [0.1, 0.15) is 31.2 Å². The average molecular weight is 293 g/mol. The molecule has 1 aliphatic carbocycles. The number of nitro groups is 1. The highest BCUT2D eigenvalue weighted by Gasteiger charge is 2.29. The van der Waals surface area contributed by atoms with E-state index in [-0.39, 0.29) is 24.9 Å². The second-order valence-electron chi connectivity index (χ2n) is 5.27. The molecule has 1 saturated carbocycles. The molecular weight excluding hydrogens is 274 g/mol. The first-order chi connectivity index (χ1) is 10.0. The van der Waals surface area contributed by atoms with Crippen LogP contribution in [0.5, 0.6) is 0 Å². The fourth-order valence-corrected chi connectivity index (χ4v) is 2.85. The van der Waals surface area contributed by atoms with Crippen LogP contribution in [0.15, 0.2) is 18.2 Å². The smallest absolute Gasteiger partial charge is 0.292 e. The molecule has 2 rings (SSSR count). The first-order valence-corrected chi connectivity index (χ1v) is 6.96. The Morgan fingerprint density at radius 2 is 2.10 bits per heavy atom. The van der Waals surface area contributed by atoms with Gasteiger partial charge < -0.3 is 15.7 Å². The lowest BCUT2D eigenvalue weighted by atomic mass is 10.1. The van der Waals surface area contributed by atoms with E-state index in [1.165, 1.54) is 6.07 Å². The molecule has 0 heterocycles. The molecule has 0 saturated heterocycles. The molecule has 1 amide bonds. The summed E-state index contributed by atoms with van der Waals surface area (Å²) in [6, 6.07) is 4.66. The lowest BCUT2D eigenvalue weighted by Gasteiger charge is -2.29. The van der Waals surface area contributed by atoms with Crippen LogP contribution in [0.2, 0.25) is 0 Å². The minimum absolute atomic E-state index is 0.0377. The topological polar surface area (TPSA) is 110 Å². The van der Waals surface area contributed by atoms with Crippen molar-refractivity contribution in [2.45, 2.75) is 38.3 Å². The Morgan fingerprint density at radius 3 is 2.62 bits per heavy atom. The third-order valence-corrected chi connectivity index (χ3v) is 3.82. The zero-order chi connectivity index (χ0) is 15.4. The van der Waals surface area contributed by atoms with E-state index in [9.17, 15) is 14.9 Å². The number of aliphatic hydroxyl groups excluding tert-OH is 1. The van der Waals surface area contributed by atoms with Gasteiger partial charge in [0.15, 0.2) is 0 Å². The number of carbonyl (C=O) groups is 1. The second-order valence-corrected chi connectivity index (χ2v) is 5.27. The normalized spacial score (nSPS) is 15.1. The molecule has 0 bridgehead atoms. The van der Waals surface area contributed by atoms with Crippen molar-refractivity contribution in [3.05, 3.63) is 33.9 Å². The number of primary amides is 1. The van der Waals surface area contributed by atoms with E-state index in [4.69, 9.17) is 10.8 Å². The molecule has 114 valence electrons. The van der Waals surface area contributed by atoms with Gasteiger partial charge >= 0.3 is 0 Å². The molecular formula is C14H19N3O4. The number of hydrogen-bond donors (Lipinski definition) is 2. The van der Waals surface area contributed by atoms with E-state index in [1.54, 1.807) is 17.0 Å². The largest absolute Gasteiger partial charge is 0.392 e. The summed E-state index contributed by atoms with van der Waals surface area (Å²) < 4.78 is 0. The zero-order valence-electron chi connectivity index (χ0n) is 11.7. The third kappa shape index (κ3) is 3.49. The molecule has 1 aromatic carbocycles. The van der Waals surface area contributed by atoms with E-state index in [0.717, 1.165) is 25.7 Å². The number of anilines is 1. The van der Waals surface area contributed by atoms with Crippen molar-refractivity contribution in [2.75, 3.05) is 11.4 Å². The van der Waals surface area contributed by atoms with Gasteiger partial charge in [0.05, 0.1) is 18.1 Å². The van der Waals surface area contributed by atoms with Crippen molar-refractivity contribution in [1.29, 1.82) is 0 Å². The van der Waals surface area contributed by atoms with Gasteiger partial charge in [0.2, 0.25) is 5.91 Å². The standard InChI is InChI=1S/C14H19N3O4/c15-14(19)8-16(11-3-1-2-4-11)12-6-5-10(9-18)7-13(12)17(20)21/h5-7,11,18H,1-4,8-9H2,(H2,15,19). The summed E-state index contributed by atoms with van der Waals surface area (Å²) >= 11 is 0. The molecule has 7 nitrogen and oxygen atoms in total. The van der Waals surface area contributed by atoms with Gasteiger partial charge in [-0.1, -0.05) is 18.9 Å². The number of carbonyl (C=O) groups excluding carboxylic acids is 1. The van der Waals surface area contributed by atoms with Crippen LogP contribution in [0.25, 0.3) is 0 Å². The van der Waals surface area contributed by atoms with Crippen LogP contribution in [0, 0.1) is 10.1 Å². The van der Waals surface area contributed by atoms with Crippen LogP contribution in [-0.2, 0) is 11.4 Å². The Labute approximate surface area is 122 Å². The quantitative estimate of drug-likeness (QED) is 0.607. The SMILES string of the molecule is NC(=O)CN(c1ccc(CO)cc1[N+](=O)[O-])C1CCCC1. The highest BCUT2D eigenvalue weighted by molar-refractivity contribution is 5.81. The number of rotatable bonds is 6. The van der Waals surface area contributed by atoms with Gasteiger partial charge in [0, 0.05) is 12.1 Å². The van der Waals surface area contributed by atoms with Crippen molar-refractivity contribution in [3.63, 3.8) is 0 Å². The zero-order valence-corrected chi connectivity index (χ0v) is 11.7.